The number of anilines is 1. The number of hydrogen-bond acceptors (Lipinski definition) is 9. The van der Waals surface area contributed by atoms with Crippen molar-refractivity contribution in [1.82, 2.24) is 34.9 Å². The monoisotopic (exact) mass is 691 g/mol. The summed E-state index contributed by atoms with van der Waals surface area (Å²) in [5, 5.41) is 33.2. The van der Waals surface area contributed by atoms with Crippen molar-refractivity contribution >= 4 is 17.6 Å². The van der Waals surface area contributed by atoms with E-state index in [-0.39, 0.29) is 35.1 Å². The van der Waals surface area contributed by atoms with E-state index in [0.717, 1.165) is 36.2 Å². The van der Waals surface area contributed by atoms with Crippen LogP contribution >= 0.6 is 0 Å². The third-order valence-corrected chi connectivity index (χ3v) is 9.60. The van der Waals surface area contributed by atoms with Gasteiger partial charge in [0.1, 0.15) is 17.3 Å². The number of nitrogens with two attached hydrogens (primary N) is 1. The lowest BCUT2D eigenvalue weighted by molar-refractivity contribution is 0.0628. The van der Waals surface area contributed by atoms with Gasteiger partial charge in [-0.25, -0.2) is 14.5 Å². The quantitative estimate of drug-likeness (QED) is 0.121. The molecule has 0 radical (unpaired) electrons. The van der Waals surface area contributed by atoms with Gasteiger partial charge in [0.2, 0.25) is 0 Å². The maximum Gasteiger partial charge on any atom is 0.348 e. The van der Waals surface area contributed by atoms with Gasteiger partial charge in [-0.2, -0.15) is 5.10 Å². The number of carbonyl (C=O) groups is 2. The Morgan fingerprint density at radius 3 is 2.33 bits per heavy atom. The van der Waals surface area contributed by atoms with Gasteiger partial charge < -0.3 is 30.7 Å². The summed E-state index contributed by atoms with van der Waals surface area (Å²) in [6.45, 7) is 7.23. The van der Waals surface area contributed by atoms with E-state index < -0.39 is 12.0 Å². The Labute approximate surface area is 293 Å². The SMILES string of the molecule is CC(C)c1cc(-c2n[nH]c(=O)n2-c2ccc(CN3CCN(C(=O)c4ccc(CCc5c[nH]c6c5C(=O)NC(N)N6)cc4)CC3)cc2)c(O)cc1O. The molecule has 2 amide bonds. The largest absolute Gasteiger partial charge is 0.508 e. The molecule has 2 aromatic heterocycles. The second-order valence-electron chi connectivity index (χ2n) is 13.4. The van der Waals surface area contributed by atoms with Gasteiger partial charge in [0.05, 0.1) is 16.8 Å². The van der Waals surface area contributed by atoms with Crippen LogP contribution in [0.1, 0.15) is 62.7 Å². The molecular formula is C37H41N9O5. The van der Waals surface area contributed by atoms with E-state index in [9.17, 15) is 24.6 Å². The molecule has 0 bridgehead atoms. The van der Waals surface area contributed by atoms with E-state index in [0.29, 0.717) is 59.8 Å². The standard InChI is InChI=1S/C37H41N9O5/c1-21(2)27-17-28(30(48)18-29(27)47)33-42-43-37(51)46(33)26-11-6-23(7-12-26)20-44-13-15-45(16-14-44)35(50)24-8-3-22(4-9-24)5-10-25-19-39-32-31(25)34(49)41-36(38)40-32/h3-4,6-9,11-12,17-19,21,36,39-40,47-48H,5,10,13-16,20,38H2,1-2H3,(H,41,49)(H,43,51). The maximum absolute atomic E-state index is 13.3. The van der Waals surface area contributed by atoms with Crippen LogP contribution in [0.4, 0.5) is 5.82 Å². The number of rotatable bonds is 9. The molecule has 264 valence electrons. The number of fused-ring (bicyclic) bond motifs is 1. The lowest BCUT2D eigenvalue weighted by Gasteiger charge is -2.34. The molecule has 7 rings (SSSR count). The van der Waals surface area contributed by atoms with Crippen molar-refractivity contribution in [3.8, 4) is 28.6 Å². The maximum atomic E-state index is 13.3. The molecule has 8 N–H and O–H groups in total. The third-order valence-electron chi connectivity index (χ3n) is 9.60. The highest BCUT2D eigenvalue weighted by atomic mass is 16.3. The Morgan fingerprint density at radius 1 is 0.922 bits per heavy atom. The van der Waals surface area contributed by atoms with E-state index in [4.69, 9.17) is 5.73 Å². The van der Waals surface area contributed by atoms with Gasteiger partial charge in [-0.3, -0.25) is 20.2 Å². The molecule has 0 aliphatic carbocycles. The number of benzene rings is 3. The number of phenols is 2. The van der Waals surface area contributed by atoms with Crippen molar-refractivity contribution in [2.45, 2.75) is 45.4 Å². The zero-order chi connectivity index (χ0) is 35.8. The molecule has 14 heteroatoms. The van der Waals surface area contributed by atoms with Gasteiger partial charge in [0.15, 0.2) is 12.1 Å². The first kappa shape index (κ1) is 33.6. The Morgan fingerprint density at radius 2 is 1.63 bits per heavy atom. The number of phenolic OH excluding ortho intramolecular Hbond substituents is 2. The molecule has 0 saturated carbocycles. The number of nitrogens with one attached hydrogen (secondary N) is 4. The Kier molecular flexibility index (Phi) is 9.10. The van der Waals surface area contributed by atoms with Gasteiger partial charge >= 0.3 is 5.69 Å². The van der Waals surface area contributed by atoms with E-state index in [1.165, 1.54) is 10.6 Å². The van der Waals surface area contributed by atoms with Crippen LogP contribution in [0, 0.1) is 0 Å². The van der Waals surface area contributed by atoms with Crippen molar-refractivity contribution < 1.29 is 19.8 Å². The zero-order valence-electron chi connectivity index (χ0n) is 28.4. The summed E-state index contributed by atoms with van der Waals surface area (Å²) in [5.41, 5.74) is 11.2. The Balaban J connectivity index is 0.934. The van der Waals surface area contributed by atoms with E-state index >= 15 is 0 Å². The van der Waals surface area contributed by atoms with Crippen molar-refractivity contribution in [2.75, 3.05) is 31.5 Å². The molecule has 1 fully saturated rings. The number of hydrogen-bond donors (Lipinski definition) is 7. The predicted octanol–water partition coefficient (Wildman–Crippen LogP) is 3.23. The van der Waals surface area contributed by atoms with E-state index in [1.807, 2.05) is 73.5 Å². The number of aromatic hydroxyl groups is 2. The van der Waals surface area contributed by atoms with Crippen LogP contribution in [0.3, 0.4) is 0 Å². The molecule has 1 saturated heterocycles. The van der Waals surface area contributed by atoms with Crippen LogP contribution in [0.2, 0.25) is 0 Å². The van der Waals surface area contributed by atoms with Gasteiger partial charge in [-0.05, 0) is 71.3 Å². The Hall–Kier alpha value is -5.86. The van der Waals surface area contributed by atoms with Crippen molar-refractivity contribution in [2.24, 2.45) is 5.73 Å². The smallest absolute Gasteiger partial charge is 0.348 e. The average Bonchev–Trinajstić information content (AvgIpc) is 3.71. The molecule has 1 atom stereocenters. The molecule has 2 aliphatic rings. The molecule has 5 aromatic rings. The highest BCUT2D eigenvalue weighted by Gasteiger charge is 2.26. The van der Waals surface area contributed by atoms with Crippen molar-refractivity contribution in [3.63, 3.8) is 0 Å². The molecule has 14 nitrogen and oxygen atoms in total. The molecule has 1 unspecified atom stereocenters. The normalized spacial score (nSPS) is 16.2. The summed E-state index contributed by atoms with van der Waals surface area (Å²) in [6, 6.07) is 18.2. The minimum absolute atomic E-state index is 0.000912. The average molecular weight is 692 g/mol. The number of aromatic nitrogens is 4. The molecule has 2 aliphatic heterocycles. The topological polar surface area (TPSA) is 198 Å². The summed E-state index contributed by atoms with van der Waals surface area (Å²) >= 11 is 0. The number of amides is 2. The number of aryl methyl sites for hydroxylation is 2. The number of H-pyrrole nitrogens is 2. The first-order valence-corrected chi connectivity index (χ1v) is 17.0. The summed E-state index contributed by atoms with van der Waals surface area (Å²) in [7, 11) is 0. The van der Waals surface area contributed by atoms with Crippen LogP contribution < -0.4 is 22.1 Å². The van der Waals surface area contributed by atoms with E-state index in [1.54, 1.807) is 6.07 Å². The van der Waals surface area contributed by atoms with Crippen molar-refractivity contribution in [3.05, 3.63) is 111 Å². The first-order valence-electron chi connectivity index (χ1n) is 17.0. The minimum atomic E-state index is -0.615. The highest BCUT2D eigenvalue weighted by molar-refractivity contribution is 6.02. The summed E-state index contributed by atoms with van der Waals surface area (Å²) in [5.74, 6) is 0.501. The van der Waals surface area contributed by atoms with Crippen LogP contribution in [-0.2, 0) is 19.4 Å². The van der Waals surface area contributed by atoms with Crippen LogP contribution in [0.5, 0.6) is 11.5 Å². The van der Waals surface area contributed by atoms with Gasteiger partial charge in [0, 0.05) is 50.6 Å². The number of nitrogens with zero attached hydrogens (tertiary/aromatic N) is 4. The van der Waals surface area contributed by atoms with Crippen molar-refractivity contribution in [1.29, 1.82) is 0 Å². The van der Waals surface area contributed by atoms with Gasteiger partial charge in [0.25, 0.3) is 11.8 Å². The fourth-order valence-corrected chi connectivity index (χ4v) is 6.79. The van der Waals surface area contributed by atoms with Crippen LogP contribution in [0.15, 0.2) is 71.7 Å². The van der Waals surface area contributed by atoms with Crippen LogP contribution in [-0.4, -0.2) is 84.0 Å². The molecule has 4 heterocycles. The second kappa shape index (κ2) is 13.8. The minimum Gasteiger partial charge on any atom is -0.508 e. The number of aromatic amines is 2. The molecular weight excluding hydrogens is 650 g/mol. The lowest BCUT2D eigenvalue weighted by atomic mass is 9.98. The van der Waals surface area contributed by atoms with Gasteiger partial charge in [-0.1, -0.05) is 38.1 Å². The Bertz CT molecular complexity index is 2120. The fourth-order valence-electron chi connectivity index (χ4n) is 6.79. The summed E-state index contributed by atoms with van der Waals surface area (Å²) < 4.78 is 1.40. The summed E-state index contributed by atoms with van der Waals surface area (Å²) in [4.78, 5) is 45.8. The molecule has 51 heavy (non-hydrogen) atoms. The van der Waals surface area contributed by atoms with Gasteiger partial charge in [-0.15, -0.1) is 0 Å². The molecule has 0 spiro atoms. The van der Waals surface area contributed by atoms with Crippen LogP contribution in [0.25, 0.3) is 17.1 Å². The fraction of sp³-hybridized carbons (Fsp3) is 0.297. The third kappa shape index (κ3) is 6.83. The summed E-state index contributed by atoms with van der Waals surface area (Å²) in [6.07, 6.45) is 2.60. The highest BCUT2D eigenvalue weighted by Crippen LogP contribution is 2.37. The number of carbonyl (C=O) groups excluding carboxylic acids is 2. The van der Waals surface area contributed by atoms with E-state index in [2.05, 4.69) is 30.7 Å². The second-order valence-corrected chi connectivity index (χ2v) is 13.4. The molecule has 3 aromatic carbocycles. The first-order chi connectivity index (χ1) is 24.5. The predicted molar refractivity (Wildman–Crippen MR) is 192 cm³/mol. The lowest BCUT2D eigenvalue weighted by Crippen LogP contribution is -2.50. The number of piperazine rings is 1. The zero-order valence-corrected chi connectivity index (χ0v) is 28.4.